The lowest BCUT2D eigenvalue weighted by molar-refractivity contribution is 0.0945. The number of benzene rings is 1. The summed E-state index contributed by atoms with van der Waals surface area (Å²) in [6, 6.07) is 7.59. The number of carbonyl (C=O) groups is 1. The molecule has 1 amide bonds. The number of nitrogens with zero attached hydrogens (tertiary/aromatic N) is 1. The predicted molar refractivity (Wildman–Crippen MR) is 113 cm³/mol. The Kier molecular flexibility index (Phi) is 10.9. The molecule has 0 spiro atoms. The smallest absolute Gasteiger partial charge is 0.255 e. The number of rotatable bonds is 14. The van der Waals surface area contributed by atoms with E-state index in [0.717, 1.165) is 26.1 Å². The van der Waals surface area contributed by atoms with Crippen molar-refractivity contribution in [2.75, 3.05) is 32.8 Å². The fourth-order valence-corrected chi connectivity index (χ4v) is 3.63. The largest absolute Gasteiger partial charge is 0.493 e. The van der Waals surface area contributed by atoms with Crippen LogP contribution < -0.4 is 10.1 Å². The minimum Gasteiger partial charge on any atom is -0.493 e. The first-order valence-electron chi connectivity index (χ1n) is 11.0. The Morgan fingerprint density at radius 2 is 1.67 bits per heavy atom. The van der Waals surface area contributed by atoms with Crippen LogP contribution in [-0.2, 0) is 0 Å². The molecule has 4 nitrogen and oxygen atoms in total. The molecule has 1 aromatic rings. The Bertz CT molecular complexity index is 527. The zero-order valence-corrected chi connectivity index (χ0v) is 17.2. The fourth-order valence-electron chi connectivity index (χ4n) is 3.63. The van der Waals surface area contributed by atoms with Crippen molar-refractivity contribution >= 4 is 5.91 Å². The number of carbonyl (C=O) groups excluding carboxylic acids is 1. The van der Waals surface area contributed by atoms with Gasteiger partial charge in [0.1, 0.15) is 5.75 Å². The second-order valence-corrected chi connectivity index (χ2v) is 7.62. The van der Waals surface area contributed by atoms with E-state index in [1.807, 2.05) is 24.3 Å². The summed E-state index contributed by atoms with van der Waals surface area (Å²) in [5, 5.41) is 3.04. The minimum atomic E-state index is -0.0271. The van der Waals surface area contributed by atoms with Gasteiger partial charge in [-0.3, -0.25) is 4.79 Å². The molecule has 0 unspecified atom stereocenters. The molecule has 4 heteroatoms. The monoisotopic (exact) mass is 374 g/mol. The molecule has 1 aliphatic rings. The number of hydrogen-bond acceptors (Lipinski definition) is 3. The normalized spacial score (nSPS) is 14.4. The maximum Gasteiger partial charge on any atom is 0.255 e. The molecular weight excluding hydrogens is 336 g/mol. The lowest BCUT2D eigenvalue weighted by Gasteiger charge is -2.15. The molecule has 1 aromatic carbocycles. The van der Waals surface area contributed by atoms with Gasteiger partial charge in [-0.2, -0.15) is 0 Å². The first-order valence-corrected chi connectivity index (χ1v) is 11.0. The van der Waals surface area contributed by atoms with E-state index in [1.54, 1.807) is 0 Å². The number of para-hydroxylation sites is 1. The van der Waals surface area contributed by atoms with Crippen molar-refractivity contribution in [3.63, 3.8) is 0 Å². The lowest BCUT2D eigenvalue weighted by atomic mass is 10.1. The van der Waals surface area contributed by atoms with Crippen LogP contribution in [0, 0.1) is 0 Å². The van der Waals surface area contributed by atoms with Crippen LogP contribution in [0.2, 0.25) is 0 Å². The molecule has 0 saturated carbocycles. The Hall–Kier alpha value is -1.55. The summed E-state index contributed by atoms with van der Waals surface area (Å²) in [6.45, 7) is 6.90. The first-order chi connectivity index (χ1) is 13.3. The number of hydrogen-bond donors (Lipinski definition) is 1. The average Bonchev–Trinajstić information content (AvgIpc) is 3.20. The second kappa shape index (κ2) is 13.6. The van der Waals surface area contributed by atoms with E-state index in [2.05, 4.69) is 17.1 Å². The van der Waals surface area contributed by atoms with Gasteiger partial charge in [0.25, 0.3) is 5.91 Å². The molecule has 1 heterocycles. The van der Waals surface area contributed by atoms with Gasteiger partial charge >= 0.3 is 0 Å². The van der Waals surface area contributed by atoms with Crippen LogP contribution >= 0.6 is 0 Å². The fraction of sp³-hybridized carbons (Fsp3) is 0.696. The van der Waals surface area contributed by atoms with Gasteiger partial charge < -0.3 is 15.0 Å². The highest BCUT2D eigenvalue weighted by molar-refractivity contribution is 5.96. The molecule has 1 aliphatic heterocycles. The third-order valence-electron chi connectivity index (χ3n) is 5.30. The van der Waals surface area contributed by atoms with Gasteiger partial charge in [-0.05, 0) is 44.5 Å². The highest BCUT2D eigenvalue weighted by Crippen LogP contribution is 2.18. The van der Waals surface area contributed by atoms with Gasteiger partial charge in [0.05, 0.1) is 12.2 Å². The summed E-state index contributed by atoms with van der Waals surface area (Å²) in [5.74, 6) is 0.680. The van der Waals surface area contributed by atoms with Crippen molar-refractivity contribution in [3.8, 4) is 5.75 Å². The van der Waals surface area contributed by atoms with E-state index < -0.39 is 0 Å². The average molecular weight is 375 g/mol. The maximum atomic E-state index is 12.5. The van der Waals surface area contributed by atoms with Crippen molar-refractivity contribution in [1.29, 1.82) is 0 Å². The summed E-state index contributed by atoms with van der Waals surface area (Å²) >= 11 is 0. The van der Waals surface area contributed by atoms with Crippen molar-refractivity contribution in [2.45, 2.75) is 71.1 Å². The molecule has 1 fully saturated rings. The van der Waals surface area contributed by atoms with E-state index in [0.29, 0.717) is 24.5 Å². The van der Waals surface area contributed by atoms with Crippen LogP contribution in [0.3, 0.4) is 0 Å². The number of ether oxygens (including phenoxy) is 1. The van der Waals surface area contributed by atoms with Crippen LogP contribution in [0.4, 0.5) is 0 Å². The summed E-state index contributed by atoms with van der Waals surface area (Å²) in [6.07, 6.45) is 12.8. The van der Waals surface area contributed by atoms with Gasteiger partial charge in [-0.25, -0.2) is 0 Å². The van der Waals surface area contributed by atoms with Crippen molar-refractivity contribution in [3.05, 3.63) is 29.8 Å². The summed E-state index contributed by atoms with van der Waals surface area (Å²) in [7, 11) is 0. The lowest BCUT2D eigenvalue weighted by Crippen LogP contribution is -2.33. The van der Waals surface area contributed by atoms with Crippen LogP contribution in [0.25, 0.3) is 0 Å². The number of likely N-dealkylation sites (tertiary alicyclic amines) is 1. The van der Waals surface area contributed by atoms with E-state index in [4.69, 9.17) is 4.74 Å². The molecule has 27 heavy (non-hydrogen) atoms. The topological polar surface area (TPSA) is 41.6 Å². The molecular formula is C23H38N2O2. The SMILES string of the molecule is CCCCCCCCCCOc1ccccc1C(=O)NCCN1CCCC1. The standard InChI is InChI=1S/C23H38N2O2/c1-2-3-4-5-6-7-8-13-20-27-22-15-10-9-14-21(22)23(26)24-16-19-25-17-11-12-18-25/h9-10,14-15H,2-8,11-13,16-20H2,1H3,(H,24,26). The molecule has 2 rings (SSSR count). The highest BCUT2D eigenvalue weighted by Gasteiger charge is 2.14. The zero-order valence-electron chi connectivity index (χ0n) is 17.2. The van der Waals surface area contributed by atoms with Crippen LogP contribution in [-0.4, -0.2) is 43.6 Å². The van der Waals surface area contributed by atoms with Gasteiger partial charge in [0.2, 0.25) is 0 Å². The Balaban J connectivity index is 1.62. The summed E-state index contributed by atoms with van der Waals surface area (Å²) in [4.78, 5) is 14.9. The molecule has 0 aromatic heterocycles. The van der Waals surface area contributed by atoms with Crippen LogP contribution in [0.1, 0.15) is 81.5 Å². The van der Waals surface area contributed by atoms with Gasteiger partial charge in [0.15, 0.2) is 0 Å². The van der Waals surface area contributed by atoms with E-state index in [-0.39, 0.29) is 5.91 Å². The quantitative estimate of drug-likeness (QED) is 0.464. The van der Waals surface area contributed by atoms with Gasteiger partial charge in [0, 0.05) is 13.1 Å². The predicted octanol–water partition coefficient (Wildman–Crippen LogP) is 5.03. The Morgan fingerprint density at radius 1 is 1.00 bits per heavy atom. The molecule has 152 valence electrons. The number of amides is 1. The van der Waals surface area contributed by atoms with Crippen molar-refractivity contribution < 1.29 is 9.53 Å². The molecule has 0 aliphatic carbocycles. The van der Waals surface area contributed by atoms with Gasteiger partial charge in [-0.1, -0.05) is 64.0 Å². The molecule has 0 bridgehead atoms. The van der Waals surface area contributed by atoms with E-state index in [1.165, 1.54) is 57.8 Å². The molecule has 1 saturated heterocycles. The van der Waals surface area contributed by atoms with E-state index in [9.17, 15) is 4.79 Å². The van der Waals surface area contributed by atoms with Crippen molar-refractivity contribution in [2.24, 2.45) is 0 Å². The molecule has 1 N–H and O–H groups in total. The van der Waals surface area contributed by atoms with Gasteiger partial charge in [-0.15, -0.1) is 0 Å². The molecule has 0 radical (unpaired) electrons. The Morgan fingerprint density at radius 3 is 2.41 bits per heavy atom. The maximum absolute atomic E-state index is 12.5. The Labute approximate surface area is 165 Å². The molecule has 0 atom stereocenters. The minimum absolute atomic E-state index is 0.0271. The number of unbranched alkanes of at least 4 members (excludes halogenated alkanes) is 7. The van der Waals surface area contributed by atoms with Crippen molar-refractivity contribution in [1.82, 2.24) is 10.2 Å². The highest BCUT2D eigenvalue weighted by atomic mass is 16.5. The number of nitrogens with one attached hydrogen (secondary N) is 1. The zero-order chi connectivity index (χ0) is 19.2. The summed E-state index contributed by atoms with van der Waals surface area (Å²) in [5.41, 5.74) is 0.651. The van der Waals surface area contributed by atoms with Crippen LogP contribution in [0.15, 0.2) is 24.3 Å². The third-order valence-corrected chi connectivity index (χ3v) is 5.30. The third kappa shape index (κ3) is 8.79. The second-order valence-electron chi connectivity index (χ2n) is 7.62. The summed E-state index contributed by atoms with van der Waals surface area (Å²) < 4.78 is 5.91. The van der Waals surface area contributed by atoms with E-state index >= 15 is 0 Å². The first kappa shape index (κ1) is 21.7. The van der Waals surface area contributed by atoms with Crippen LogP contribution in [0.5, 0.6) is 5.75 Å².